The van der Waals surface area contributed by atoms with Gasteiger partial charge in [-0.15, -0.1) is 0 Å². The Bertz CT molecular complexity index is 905. The van der Waals surface area contributed by atoms with Crippen molar-refractivity contribution in [3.05, 3.63) is 54.4 Å². The lowest BCUT2D eigenvalue weighted by Gasteiger charge is -2.33. The van der Waals surface area contributed by atoms with Crippen molar-refractivity contribution in [2.45, 2.75) is 12.8 Å². The van der Waals surface area contributed by atoms with Crippen LogP contribution in [0, 0.1) is 5.92 Å². The van der Waals surface area contributed by atoms with E-state index in [1.165, 1.54) is 0 Å². The molecule has 0 aliphatic carbocycles. The molecule has 0 saturated carbocycles. The van der Waals surface area contributed by atoms with Crippen molar-refractivity contribution >= 4 is 22.9 Å². The Balaban J connectivity index is 1.42. The first-order valence-corrected chi connectivity index (χ1v) is 9.07. The molecular formula is C20H23N5O. The van der Waals surface area contributed by atoms with Crippen molar-refractivity contribution in [2.24, 2.45) is 13.0 Å². The lowest BCUT2D eigenvalue weighted by molar-refractivity contribution is 0.0945. The molecule has 26 heavy (non-hydrogen) atoms. The van der Waals surface area contributed by atoms with Crippen LogP contribution in [0.1, 0.15) is 23.2 Å². The number of rotatable bonds is 4. The number of aromatic nitrogens is 3. The minimum absolute atomic E-state index is 0.00321. The number of carbonyl (C=O) groups is 1. The van der Waals surface area contributed by atoms with E-state index in [1.54, 1.807) is 12.4 Å². The highest BCUT2D eigenvalue weighted by molar-refractivity contribution is 5.94. The Morgan fingerprint density at radius 2 is 2.12 bits per heavy atom. The van der Waals surface area contributed by atoms with Crippen LogP contribution in [0.2, 0.25) is 0 Å². The van der Waals surface area contributed by atoms with E-state index in [1.807, 2.05) is 43.4 Å². The first-order valence-electron chi connectivity index (χ1n) is 9.07. The number of hydrogen-bond acceptors (Lipinski definition) is 4. The summed E-state index contributed by atoms with van der Waals surface area (Å²) in [5.74, 6) is 1.40. The van der Waals surface area contributed by atoms with E-state index >= 15 is 0 Å². The molecule has 0 radical (unpaired) electrons. The summed E-state index contributed by atoms with van der Waals surface area (Å²) in [6.45, 7) is 2.59. The largest absolute Gasteiger partial charge is 0.352 e. The van der Waals surface area contributed by atoms with Crippen LogP contribution >= 0.6 is 0 Å². The van der Waals surface area contributed by atoms with Crippen LogP contribution in [-0.2, 0) is 7.05 Å². The first-order chi connectivity index (χ1) is 12.7. The van der Waals surface area contributed by atoms with Crippen molar-refractivity contribution in [1.29, 1.82) is 0 Å². The van der Waals surface area contributed by atoms with Crippen LogP contribution < -0.4 is 10.2 Å². The van der Waals surface area contributed by atoms with Gasteiger partial charge in [0.05, 0.1) is 11.7 Å². The maximum absolute atomic E-state index is 12.3. The molecule has 1 fully saturated rings. The van der Waals surface area contributed by atoms with Crippen LogP contribution in [0.4, 0.5) is 5.95 Å². The first kappa shape index (κ1) is 16.6. The second-order valence-electron chi connectivity index (χ2n) is 6.87. The van der Waals surface area contributed by atoms with Crippen LogP contribution in [0.25, 0.3) is 11.0 Å². The summed E-state index contributed by atoms with van der Waals surface area (Å²) in [7, 11) is 2.05. The molecule has 1 unspecified atom stereocenters. The fourth-order valence-corrected chi connectivity index (χ4v) is 3.66. The second-order valence-corrected chi connectivity index (χ2v) is 6.87. The zero-order chi connectivity index (χ0) is 17.9. The van der Waals surface area contributed by atoms with Gasteiger partial charge in [0.15, 0.2) is 0 Å². The summed E-state index contributed by atoms with van der Waals surface area (Å²) in [6.07, 6.45) is 5.83. The van der Waals surface area contributed by atoms with E-state index in [0.717, 1.165) is 42.9 Å². The molecule has 1 aliphatic rings. The summed E-state index contributed by atoms with van der Waals surface area (Å²) in [4.78, 5) is 23.5. The lowest BCUT2D eigenvalue weighted by Crippen LogP contribution is -2.41. The summed E-state index contributed by atoms with van der Waals surface area (Å²) < 4.78 is 2.13. The number of pyridine rings is 1. The average Bonchev–Trinajstić information content (AvgIpc) is 3.04. The fraction of sp³-hybridized carbons (Fsp3) is 0.350. The van der Waals surface area contributed by atoms with Gasteiger partial charge in [0, 0.05) is 38.4 Å². The predicted octanol–water partition coefficient (Wildman–Crippen LogP) is 2.61. The Morgan fingerprint density at radius 1 is 1.27 bits per heavy atom. The Kier molecular flexibility index (Phi) is 4.56. The van der Waals surface area contributed by atoms with Gasteiger partial charge in [-0.1, -0.05) is 18.2 Å². The standard InChI is InChI=1S/C20H23N5O/c1-24-18-9-10-21-13-17(18)23-20(24)25-11-5-6-15(14-25)12-22-19(26)16-7-3-2-4-8-16/h2-4,7-10,13,15H,5-6,11-12,14H2,1H3,(H,22,26). The summed E-state index contributed by atoms with van der Waals surface area (Å²) >= 11 is 0. The van der Waals surface area contributed by atoms with E-state index in [0.29, 0.717) is 18.0 Å². The van der Waals surface area contributed by atoms with Crippen molar-refractivity contribution in [3.8, 4) is 0 Å². The topological polar surface area (TPSA) is 63.0 Å². The third kappa shape index (κ3) is 3.27. The van der Waals surface area contributed by atoms with Gasteiger partial charge in [-0.25, -0.2) is 4.98 Å². The highest BCUT2D eigenvalue weighted by atomic mass is 16.1. The molecule has 0 bridgehead atoms. The molecule has 4 rings (SSSR count). The Hall–Kier alpha value is -2.89. The van der Waals surface area contributed by atoms with Gasteiger partial charge in [-0.3, -0.25) is 9.78 Å². The molecular weight excluding hydrogens is 326 g/mol. The van der Waals surface area contributed by atoms with Gasteiger partial charge in [-0.05, 0) is 37.0 Å². The molecule has 134 valence electrons. The average molecular weight is 349 g/mol. The zero-order valence-corrected chi connectivity index (χ0v) is 14.9. The van der Waals surface area contributed by atoms with Gasteiger partial charge in [0.1, 0.15) is 5.52 Å². The Morgan fingerprint density at radius 3 is 2.92 bits per heavy atom. The van der Waals surface area contributed by atoms with Crippen LogP contribution in [-0.4, -0.2) is 40.1 Å². The molecule has 2 aromatic heterocycles. The zero-order valence-electron chi connectivity index (χ0n) is 14.9. The van der Waals surface area contributed by atoms with Gasteiger partial charge < -0.3 is 14.8 Å². The summed E-state index contributed by atoms with van der Waals surface area (Å²) in [5, 5.41) is 3.08. The van der Waals surface area contributed by atoms with Crippen molar-refractivity contribution in [2.75, 3.05) is 24.5 Å². The smallest absolute Gasteiger partial charge is 0.251 e. The van der Waals surface area contributed by atoms with Crippen LogP contribution in [0.3, 0.4) is 0 Å². The highest BCUT2D eigenvalue weighted by Gasteiger charge is 2.24. The molecule has 1 N–H and O–H groups in total. The van der Waals surface area contributed by atoms with Crippen LogP contribution in [0.15, 0.2) is 48.8 Å². The molecule has 6 heteroatoms. The fourth-order valence-electron chi connectivity index (χ4n) is 3.66. The highest BCUT2D eigenvalue weighted by Crippen LogP contribution is 2.25. The minimum Gasteiger partial charge on any atom is -0.352 e. The van der Waals surface area contributed by atoms with E-state index in [9.17, 15) is 4.79 Å². The number of nitrogens with zero attached hydrogens (tertiary/aromatic N) is 4. The molecule has 1 aromatic carbocycles. The molecule has 6 nitrogen and oxygen atoms in total. The number of piperidine rings is 1. The molecule has 0 spiro atoms. The number of aryl methyl sites for hydroxylation is 1. The van der Waals surface area contributed by atoms with Gasteiger partial charge >= 0.3 is 0 Å². The maximum Gasteiger partial charge on any atom is 0.251 e. The maximum atomic E-state index is 12.3. The number of amides is 1. The summed E-state index contributed by atoms with van der Waals surface area (Å²) in [6, 6.07) is 11.4. The quantitative estimate of drug-likeness (QED) is 0.786. The van der Waals surface area contributed by atoms with Crippen molar-refractivity contribution < 1.29 is 4.79 Å². The molecule has 3 aromatic rings. The monoisotopic (exact) mass is 349 g/mol. The van der Waals surface area contributed by atoms with E-state index < -0.39 is 0 Å². The molecule has 1 saturated heterocycles. The molecule has 1 atom stereocenters. The summed E-state index contributed by atoms with van der Waals surface area (Å²) in [5.41, 5.74) is 2.72. The number of anilines is 1. The van der Waals surface area contributed by atoms with Crippen molar-refractivity contribution in [1.82, 2.24) is 19.9 Å². The Labute approximate surface area is 152 Å². The number of fused-ring (bicyclic) bond motifs is 1. The van der Waals surface area contributed by atoms with Crippen molar-refractivity contribution in [3.63, 3.8) is 0 Å². The van der Waals surface area contributed by atoms with Gasteiger partial charge in [0.25, 0.3) is 5.91 Å². The van der Waals surface area contributed by atoms with E-state index in [-0.39, 0.29) is 5.91 Å². The third-order valence-electron chi connectivity index (χ3n) is 5.05. The van der Waals surface area contributed by atoms with Crippen LogP contribution in [0.5, 0.6) is 0 Å². The second kappa shape index (κ2) is 7.15. The van der Waals surface area contributed by atoms with E-state index in [4.69, 9.17) is 4.98 Å². The van der Waals surface area contributed by atoms with E-state index in [2.05, 4.69) is 19.8 Å². The predicted molar refractivity (Wildman–Crippen MR) is 102 cm³/mol. The van der Waals surface area contributed by atoms with Gasteiger partial charge in [0.2, 0.25) is 5.95 Å². The molecule has 3 heterocycles. The molecule has 1 aliphatic heterocycles. The number of benzene rings is 1. The third-order valence-corrected chi connectivity index (χ3v) is 5.05. The molecule has 1 amide bonds. The number of hydrogen-bond donors (Lipinski definition) is 1. The number of carbonyl (C=O) groups excluding carboxylic acids is 1. The number of imidazole rings is 1. The lowest BCUT2D eigenvalue weighted by atomic mass is 9.98. The minimum atomic E-state index is -0.00321. The SMILES string of the molecule is Cn1c(N2CCCC(CNC(=O)c3ccccc3)C2)nc2cnccc21. The van der Waals surface area contributed by atoms with Gasteiger partial charge in [-0.2, -0.15) is 0 Å². The normalized spacial score (nSPS) is 17.4. The number of nitrogens with one attached hydrogen (secondary N) is 1.